The van der Waals surface area contributed by atoms with Crippen molar-refractivity contribution < 1.29 is 18.6 Å². The number of hydrogen-bond donors (Lipinski definition) is 2. The summed E-state index contributed by atoms with van der Waals surface area (Å²) in [4.78, 5) is 15.3. The van der Waals surface area contributed by atoms with Gasteiger partial charge in [0.15, 0.2) is 12.4 Å². The molecule has 0 amide bonds. The van der Waals surface area contributed by atoms with Gasteiger partial charge in [0.25, 0.3) is 0 Å². The fourth-order valence-corrected chi connectivity index (χ4v) is 2.25. The van der Waals surface area contributed by atoms with Crippen LogP contribution in [0.1, 0.15) is 11.8 Å². The zero-order valence-electron chi connectivity index (χ0n) is 10.5. The summed E-state index contributed by atoms with van der Waals surface area (Å²) in [7, 11) is 0. The van der Waals surface area contributed by atoms with Gasteiger partial charge < -0.3 is 15.6 Å². The predicted octanol–water partition coefficient (Wildman–Crippen LogP) is 0.651. The highest BCUT2D eigenvalue weighted by Crippen LogP contribution is 2.35. The molecule has 0 bridgehead atoms. The Hall–Kier alpha value is -1.51. The van der Waals surface area contributed by atoms with E-state index >= 15 is 0 Å². The second kappa shape index (κ2) is 6.50. The van der Waals surface area contributed by atoms with Crippen LogP contribution in [0.15, 0.2) is 22.9 Å². The lowest BCUT2D eigenvalue weighted by atomic mass is 10.1. The maximum absolute atomic E-state index is 14.2. The Morgan fingerprint density at radius 3 is 2.90 bits per heavy atom. The number of nitrogen functional groups attached to an aromatic ring is 1. The Kier molecular flexibility index (Phi) is 4.92. The number of rotatable bonds is 2. The van der Waals surface area contributed by atoms with Crippen molar-refractivity contribution in [1.29, 1.82) is 0 Å². The standard InChI is InChI=1S/C12H10F2IN3O3/c13-3-7-8(5-19)21-11(9(7)14)18-4-6(1-2-15)10(16)17-12(18)20/h3-4,8-9,11,19H,5H2,(H2,16,17,20)/b7-3-. The fraction of sp³-hybridized carbons (Fsp3) is 0.333. The molecule has 112 valence electrons. The third-order valence-electron chi connectivity index (χ3n) is 2.97. The van der Waals surface area contributed by atoms with Crippen molar-refractivity contribution in [2.75, 3.05) is 12.3 Å². The van der Waals surface area contributed by atoms with Gasteiger partial charge in [-0.05, 0) is 3.93 Å². The van der Waals surface area contributed by atoms with Gasteiger partial charge in [-0.2, -0.15) is 4.98 Å². The molecule has 0 aliphatic carbocycles. The van der Waals surface area contributed by atoms with Crippen LogP contribution >= 0.6 is 22.6 Å². The van der Waals surface area contributed by atoms with E-state index in [1.54, 1.807) is 22.6 Å². The molecule has 3 N–H and O–H groups in total. The van der Waals surface area contributed by atoms with Crippen molar-refractivity contribution in [1.82, 2.24) is 9.55 Å². The number of nitrogens with zero attached hydrogens (tertiary/aromatic N) is 2. The largest absolute Gasteiger partial charge is 0.393 e. The van der Waals surface area contributed by atoms with Gasteiger partial charge in [-0.25, -0.2) is 13.6 Å². The summed E-state index contributed by atoms with van der Waals surface area (Å²) in [5.41, 5.74) is 4.54. The van der Waals surface area contributed by atoms with E-state index in [0.29, 0.717) is 0 Å². The summed E-state index contributed by atoms with van der Waals surface area (Å²) in [6.45, 7) is -0.607. The van der Waals surface area contributed by atoms with Crippen LogP contribution < -0.4 is 11.4 Å². The lowest BCUT2D eigenvalue weighted by Crippen LogP contribution is -2.31. The van der Waals surface area contributed by atoms with Crippen molar-refractivity contribution in [2.24, 2.45) is 0 Å². The summed E-state index contributed by atoms with van der Waals surface area (Å²) in [6.07, 6.45) is -3.27. The highest BCUT2D eigenvalue weighted by molar-refractivity contribution is 14.1. The topological polar surface area (TPSA) is 90.4 Å². The average molecular weight is 409 g/mol. The van der Waals surface area contributed by atoms with E-state index in [9.17, 15) is 13.6 Å². The molecule has 1 saturated heterocycles. The van der Waals surface area contributed by atoms with Crippen LogP contribution in [0.3, 0.4) is 0 Å². The number of alkyl halides is 1. The number of hydrogen-bond acceptors (Lipinski definition) is 5. The summed E-state index contributed by atoms with van der Waals surface area (Å²) in [5.74, 6) is 2.52. The third-order valence-corrected chi connectivity index (χ3v) is 3.24. The van der Waals surface area contributed by atoms with Crippen LogP contribution in [0.2, 0.25) is 0 Å². The van der Waals surface area contributed by atoms with Crippen LogP contribution in [0.25, 0.3) is 0 Å². The Balaban J connectivity index is 2.49. The lowest BCUT2D eigenvalue weighted by molar-refractivity contribution is -0.0375. The molecule has 3 atom stereocenters. The Morgan fingerprint density at radius 1 is 1.67 bits per heavy atom. The minimum Gasteiger partial charge on any atom is -0.393 e. The molecule has 0 radical (unpaired) electrons. The van der Waals surface area contributed by atoms with Gasteiger partial charge in [0.05, 0.1) is 18.5 Å². The van der Waals surface area contributed by atoms with Crippen LogP contribution in [-0.4, -0.2) is 33.5 Å². The van der Waals surface area contributed by atoms with Crippen LogP contribution in [0.4, 0.5) is 14.6 Å². The first kappa shape index (κ1) is 15.9. The molecule has 1 aliphatic heterocycles. The highest BCUT2D eigenvalue weighted by Gasteiger charge is 2.42. The molecule has 0 aromatic carbocycles. The van der Waals surface area contributed by atoms with Crippen molar-refractivity contribution in [3.63, 3.8) is 0 Å². The molecule has 6 nitrogen and oxygen atoms in total. The first-order valence-electron chi connectivity index (χ1n) is 5.74. The summed E-state index contributed by atoms with van der Waals surface area (Å²) in [5, 5.41) is 9.06. The number of nitrogens with two attached hydrogens (primary N) is 1. The molecular weight excluding hydrogens is 399 g/mol. The number of aliphatic hydroxyl groups is 1. The molecule has 9 heteroatoms. The van der Waals surface area contributed by atoms with E-state index in [2.05, 4.69) is 14.8 Å². The molecule has 0 spiro atoms. The van der Waals surface area contributed by atoms with Gasteiger partial charge in [-0.3, -0.25) is 4.57 Å². The summed E-state index contributed by atoms with van der Waals surface area (Å²) < 4.78 is 35.4. The van der Waals surface area contributed by atoms with Gasteiger partial charge >= 0.3 is 5.69 Å². The van der Waals surface area contributed by atoms with Gasteiger partial charge in [-0.1, -0.05) is 5.92 Å². The molecule has 3 unspecified atom stereocenters. The van der Waals surface area contributed by atoms with E-state index in [0.717, 1.165) is 4.57 Å². The maximum atomic E-state index is 14.2. The minimum atomic E-state index is -1.92. The van der Waals surface area contributed by atoms with Crippen LogP contribution in [0.5, 0.6) is 0 Å². The van der Waals surface area contributed by atoms with E-state index in [1.807, 2.05) is 0 Å². The molecule has 1 aromatic rings. The second-order valence-corrected chi connectivity index (χ2v) is 4.70. The number of ether oxygens (including phenoxy) is 1. The van der Waals surface area contributed by atoms with Crippen molar-refractivity contribution in [3.05, 3.63) is 34.1 Å². The molecule has 1 aromatic heterocycles. The van der Waals surface area contributed by atoms with E-state index in [1.165, 1.54) is 6.20 Å². The summed E-state index contributed by atoms with van der Waals surface area (Å²) >= 11 is 1.77. The Bertz CT molecular complexity index is 695. The smallest absolute Gasteiger partial charge is 0.351 e. The first-order valence-corrected chi connectivity index (χ1v) is 6.82. The zero-order valence-corrected chi connectivity index (χ0v) is 12.6. The minimum absolute atomic E-state index is 0.0346. The molecule has 2 rings (SSSR count). The van der Waals surface area contributed by atoms with Crippen LogP contribution in [0, 0.1) is 9.85 Å². The third kappa shape index (κ3) is 2.92. The molecular formula is C12H10F2IN3O3. The number of aromatic nitrogens is 2. The van der Waals surface area contributed by atoms with Crippen molar-refractivity contribution in [2.45, 2.75) is 18.5 Å². The van der Waals surface area contributed by atoms with Crippen molar-refractivity contribution in [3.8, 4) is 9.85 Å². The summed E-state index contributed by atoms with van der Waals surface area (Å²) in [6, 6.07) is 0. The van der Waals surface area contributed by atoms with Gasteiger partial charge in [-0.15, -0.1) is 0 Å². The monoisotopic (exact) mass is 409 g/mol. The molecule has 0 saturated carbocycles. The van der Waals surface area contributed by atoms with Gasteiger partial charge in [0.2, 0.25) is 0 Å². The van der Waals surface area contributed by atoms with Gasteiger partial charge in [0.1, 0.15) is 11.9 Å². The second-order valence-electron chi connectivity index (χ2n) is 4.16. The number of anilines is 1. The first-order chi connectivity index (χ1) is 10.0. The molecule has 1 fully saturated rings. The quantitative estimate of drug-likeness (QED) is 0.553. The fourth-order valence-electron chi connectivity index (χ4n) is 1.95. The van der Waals surface area contributed by atoms with Crippen LogP contribution in [-0.2, 0) is 4.74 Å². The Morgan fingerprint density at radius 2 is 2.38 bits per heavy atom. The predicted molar refractivity (Wildman–Crippen MR) is 78.9 cm³/mol. The highest BCUT2D eigenvalue weighted by atomic mass is 127. The normalized spacial score (nSPS) is 26.7. The lowest BCUT2D eigenvalue weighted by Gasteiger charge is -2.16. The zero-order chi connectivity index (χ0) is 15.6. The van der Waals surface area contributed by atoms with Gasteiger partial charge in [0, 0.05) is 34.4 Å². The molecule has 21 heavy (non-hydrogen) atoms. The van der Waals surface area contributed by atoms with E-state index < -0.39 is 30.8 Å². The molecule has 1 aliphatic rings. The Labute approximate surface area is 131 Å². The van der Waals surface area contributed by atoms with Crippen molar-refractivity contribution >= 4 is 28.4 Å². The molecule has 2 heterocycles. The van der Waals surface area contributed by atoms with E-state index in [-0.39, 0.29) is 23.3 Å². The SMILES string of the molecule is Nc1nc(=O)n(C2OC(CO)/C(=C/F)C2F)cc1C#CI. The van der Waals surface area contributed by atoms with E-state index in [4.69, 9.17) is 15.6 Å². The number of halogens is 3. The number of aliphatic hydroxyl groups excluding tert-OH is 1. The maximum Gasteiger partial charge on any atom is 0.351 e. The average Bonchev–Trinajstić information content (AvgIpc) is 2.78.